The summed E-state index contributed by atoms with van der Waals surface area (Å²) in [5.74, 6) is 1.85. The largest absolute Gasteiger partial charge is 0.493 e. The fourth-order valence-corrected chi connectivity index (χ4v) is 4.56. The second kappa shape index (κ2) is 10.5. The highest BCUT2D eigenvalue weighted by Crippen LogP contribution is 2.28. The fraction of sp³-hybridized carbons (Fsp3) is 0.346. The number of hydrogen-bond donors (Lipinski definition) is 0. The number of rotatable bonds is 7. The molecule has 0 radical (unpaired) electrons. The summed E-state index contributed by atoms with van der Waals surface area (Å²) in [4.78, 5) is 13.7. The lowest BCUT2D eigenvalue weighted by atomic mass is 10.1. The van der Waals surface area contributed by atoms with Crippen LogP contribution in [-0.4, -0.2) is 69.2 Å². The number of fused-ring (bicyclic) bond motifs is 1. The van der Waals surface area contributed by atoms with Crippen molar-refractivity contribution in [3.05, 3.63) is 58.9 Å². The molecule has 0 aliphatic carbocycles. The Bertz CT molecular complexity index is 1400. The number of aryl methyl sites for hydroxylation is 2. The summed E-state index contributed by atoms with van der Waals surface area (Å²) in [6.07, 6.45) is 2.66. The Kier molecular flexibility index (Phi) is 6.98. The van der Waals surface area contributed by atoms with Gasteiger partial charge in [-0.1, -0.05) is 16.8 Å². The predicted molar refractivity (Wildman–Crippen MR) is 139 cm³/mol. The minimum absolute atomic E-state index is 0.277. The first-order valence-corrected chi connectivity index (χ1v) is 12.3. The summed E-state index contributed by atoms with van der Waals surface area (Å²) in [5.41, 5.74) is 4.24. The van der Waals surface area contributed by atoms with Crippen LogP contribution < -0.4 is 9.64 Å². The van der Waals surface area contributed by atoms with Gasteiger partial charge in [0.1, 0.15) is 23.2 Å². The first kappa shape index (κ1) is 24.0. The average molecular weight is 503 g/mol. The number of ether oxygens (including phenoxy) is 1. The maximum Gasteiger partial charge on any atom is 0.170 e. The summed E-state index contributed by atoms with van der Waals surface area (Å²) >= 11 is 5.95. The molecule has 184 valence electrons. The minimum atomic E-state index is 0.277. The van der Waals surface area contributed by atoms with Crippen molar-refractivity contribution in [3.8, 4) is 23.1 Å². The van der Waals surface area contributed by atoms with Crippen molar-refractivity contribution in [2.24, 2.45) is 7.05 Å². The van der Waals surface area contributed by atoms with E-state index in [1.54, 1.807) is 17.9 Å². The number of hydrogen-bond acceptors (Lipinski definition) is 8. The molecule has 1 aliphatic heterocycles. The molecule has 0 saturated carbocycles. The van der Waals surface area contributed by atoms with E-state index in [0.717, 1.165) is 67.4 Å². The molecular formula is C26H27ClN8O. The molecule has 4 aromatic rings. The first-order valence-electron chi connectivity index (χ1n) is 11.9. The molecule has 1 saturated heterocycles. The van der Waals surface area contributed by atoms with E-state index in [4.69, 9.17) is 16.3 Å². The van der Waals surface area contributed by atoms with Crippen LogP contribution in [-0.2, 0) is 7.05 Å². The predicted octanol–water partition coefficient (Wildman–Crippen LogP) is 3.85. The van der Waals surface area contributed by atoms with E-state index < -0.39 is 0 Å². The zero-order valence-electron chi connectivity index (χ0n) is 20.4. The number of anilines is 1. The van der Waals surface area contributed by atoms with Crippen molar-refractivity contribution in [2.75, 3.05) is 44.2 Å². The Morgan fingerprint density at radius 2 is 1.94 bits per heavy atom. The van der Waals surface area contributed by atoms with Gasteiger partial charge in [-0.15, -0.1) is 5.10 Å². The monoisotopic (exact) mass is 502 g/mol. The van der Waals surface area contributed by atoms with Crippen LogP contribution in [0.3, 0.4) is 0 Å². The van der Waals surface area contributed by atoms with Gasteiger partial charge in [0.2, 0.25) is 0 Å². The number of pyridine rings is 2. The second-order valence-corrected chi connectivity index (χ2v) is 9.33. The summed E-state index contributed by atoms with van der Waals surface area (Å²) in [7, 11) is 1.80. The van der Waals surface area contributed by atoms with Crippen LogP contribution in [0.25, 0.3) is 22.3 Å². The lowest BCUT2D eigenvalue weighted by Crippen LogP contribution is -2.47. The number of benzene rings is 1. The topological polar surface area (TPSA) is 96.0 Å². The van der Waals surface area contributed by atoms with Gasteiger partial charge in [0, 0.05) is 51.5 Å². The first-order chi connectivity index (χ1) is 17.5. The molecule has 10 heteroatoms. The van der Waals surface area contributed by atoms with Crippen molar-refractivity contribution in [1.29, 1.82) is 5.26 Å². The number of nitrogens with zero attached hydrogens (tertiary/aromatic N) is 8. The number of aromatic nitrogens is 5. The normalized spacial score (nSPS) is 14.2. The van der Waals surface area contributed by atoms with Crippen molar-refractivity contribution in [3.63, 3.8) is 0 Å². The summed E-state index contributed by atoms with van der Waals surface area (Å²) in [6.45, 7) is 7.61. The zero-order chi connectivity index (χ0) is 25.1. The van der Waals surface area contributed by atoms with Gasteiger partial charge in [0.25, 0.3) is 0 Å². The Hall–Kier alpha value is -3.74. The number of nitriles is 1. The molecule has 0 amide bonds. The van der Waals surface area contributed by atoms with E-state index in [1.165, 1.54) is 0 Å². The molecule has 0 spiro atoms. The van der Waals surface area contributed by atoms with Crippen LogP contribution >= 0.6 is 11.6 Å². The van der Waals surface area contributed by atoms with Crippen molar-refractivity contribution in [1.82, 2.24) is 29.9 Å². The highest BCUT2D eigenvalue weighted by Gasteiger charge is 2.18. The van der Waals surface area contributed by atoms with Crippen LogP contribution in [0.4, 0.5) is 5.82 Å². The SMILES string of the molecule is Cc1cc(-c2cc3c(nnn3C)c(C#N)n2)ccc1OCCCN1CCN(c2ccc(Cl)cn2)CC1. The summed E-state index contributed by atoms with van der Waals surface area (Å²) < 4.78 is 7.74. The maximum atomic E-state index is 9.48. The molecule has 4 heterocycles. The fourth-order valence-electron chi connectivity index (χ4n) is 4.45. The van der Waals surface area contributed by atoms with Gasteiger partial charge in [-0.05, 0) is 55.3 Å². The quantitative estimate of drug-likeness (QED) is 0.352. The molecule has 0 unspecified atom stereocenters. The van der Waals surface area contributed by atoms with E-state index in [2.05, 4.69) is 36.1 Å². The van der Waals surface area contributed by atoms with Gasteiger partial charge >= 0.3 is 0 Å². The van der Waals surface area contributed by atoms with Gasteiger partial charge < -0.3 is 9.64 Å². The molecule has 0 N–H and O–H groups in total. The van der Waals surface area contributed by atoms with Crippen LogP contribution in [0, 0.1) is 18.3 Å². The van der Waals surface area contributed by atoms with Crippen molar-refractivity contribution >= 4 is 28.5 Å². The van der Waals surface area contributed by atoms with Crippen LogP contribution in [0.2, 0.25) is 5.02 Å². The molecule has 5 rings (SSSR count). The van der Waals surface area contributed by atoms with Gasteiger partial charge in [0.05, 0.1) is 22.8 Å². The Morgan fingerprint density at radius 1 is 1.11 bits per heavy atom. The molecular weight excluding hydrogens is 476 g/mol. The van der Waals surface area contributed by atoms with E-state index >= 15 is 0 Å². The highest BCUT2D eigenvalue weighted by molar-refractivity contribution is 6.30. The van der Waals surface area contributed by atoms with Gasteiger partial charge in [-0.3, -0.25) is 4.90 Å². The van der Waals surface area contributed by atoms with E-state index in [1.807, 2.05) is 43.3 Å². The average Bonchev–Trinajstić information content (AvgIpc) is 3.28. The van der Waals surface area contributed by atoms with Crippen LogP contribution in [0.5, 0.6) is 5.75 Å². The lowest BCUT2D eigenvalue weighted by Gasteiger charge is -2.35. The van der Waals surface area contributed by atoms with E-state index in [9.17, 15) is 5.26 Å². The van der Waals surface area contributed by atoms with E-state index in [0.29, 0.717) is 22.8 Å². The third-order valence-electron chi connectivity index (χ3n) is 6.46. The van der Waals surface area contributed by atoms with Gasteiger partial charge in [0.15, 0.2) is 5.69 Å². The Morgan fingerprint density at radius 3 is 2.67 bits per heavy atom. The standard InChI is InChI=1S/C26H27ClN8O/c1-18-14-19(21-15-23-26(22(16-28)30-21)31-32-33(23)2)4-6-24(18)36-13-3-8-34-9-11-35(12-10-34)25-7-5-20(27)17-29-25/h4-7,14-15,17H,3,8-13H2,1-2H3. The minimum Gasteiger partial charge on any atom is -0.493 e. The summed E-state index contributed by atoms with van der Waals surface area (Å²) in [5, 5.41) is 18.2. The van der Waals surface area contributed by atoms with Gasteiger partial charge in [-0.2, -0.15) is 5.26 Å². The molecule has 0 bridgehead atoms. The van der Waals surface area contributed by atoms with Gasteiger partial charge in [-0.25, -0.2) is 14.6 Å². The Labute approximate surface area is 214 Å². The third-order valence-corrected chi connectivity index (χ3v) is 6.68. The molecule has 3 aromatic heterocycles. The second-order valence-electron chi connectivity index (χ2n) is 8.89. The molecule has 1 aromatic carbocycles. The van der Waals surface area contributed by atoms with Crippen molar-refractivity contribution < 1.29 is 4.74 Å². The lowest BCUT2D eigenvalue weighted by molar-refractivity contribution is 0.224. The number of halogens is 1. The highest BCUT2D eigenvalue weighted by atomic mass is 35.5. The molecule has 36 heavy (non-hydrogen) atoms. The van der Waals surface area contributed by atoms with Crippen LogP contribution in [0.1, 0.15) is 17.7 Å². The van der Waals surface area contributed by atoms with E-state index in [-0.39, 0.29) is 5.69 Å². The van der Waals surface area contributed by atoms with Crippen LogP contribution in [0.15, 0.2) is 42.6 Å². The molecule has 9 nitrogen and oxygen atoms in total. The molecule has 1 aliphatic rings. The zero-order valence-corrected chi connectivity index (χ0v) is 21.1. The molecule has 0 atom stereocenters. The Balaban J connectivity index is 1.13. The van der Waals surface area contributed by atoms with Crippen molar-refractivity contribution in [2.45, 2.75) is 13.3 Å². The third kappa shape index (κ3) is 5.10. The smallest absolute Gasteiger partial charge is 0.170 e. The maximum absolute atomic E-state index is 9.48. The summed E-state index contributed by atoms with van der Waals surface area (Å²) in [6, 6.07) is 13.9. The number of piperazine rings is 1. The molecule has 1 fully saturated rings.